The second-order valence-corrected chi connectivity index (χ2v) is 4.28. The van der Waals surface area contributed by atoms with Gasteiger partial charge in [0, 0.05) is 13.3 Å². The largest absolute Gasteiger partial charge is 0.462 e. The van der Waals surface area contributed by atoms with E-state index in [4.69, 9.17) is 9.47 Å². The van der Waals surface area contributed by atoms with Gasteiger partial charge in [0.05, 0.1) is 17.9 Å². The third kappa shape index (κ3) is 3.26. The Kier molecular flexibility index (Phi) is 5.22. The first kappa shape index (κ1) is 14.6. The first-order valence-corrected chi connectivity index (χ1v) is 6.08. The van der Waals surface area contributed by atoms with Crippen molar-refractivity contribution in [2.24, 2.45) is 0 Å². The molecule has 0 fully saturated rings. The average molecular weight is 252 g/mol. The van der Waals surface area contributed by atoms with Gasteiger partial charge in [-0.25, -0.2) is 14.8 Å². The summed E-state index contributed by atoms with van der Waals surface area (Å²) < 4.78 is 10.2. The van der Waals surface area contributed by atoms with Crippen molar-refractivity contribution in [2.45, 2.75) is 39.7 Å². The van der Waals surface area contributed by atoms with Crippen LogP contribution >= 0.6 is 0 Å². The van der Waals surface area contributed by atoms with Gasteiger partial charge in [-0.05, 0) is 19.8 Å². The number of carbonyl (C=O) groups excluding carboxylic acids is 1. The van der Waals surface area contributed by atoms with E-state index < -0.39 is 0 Å². The molecule has 1 atom stereocenters. The topological polar surface area (TPSA) is 61.3 Å². The molecule has 5 nitrogen and oxygen atoms in total. The minimum Gasteiger partial charge on any atom is -0.462 e. The van der Waals surface area contributed by atoms with Crippen LogP contribution in [0.25, 0.3) is 0 Å². The van der Waals surface area contributed by atoms with Crippen molar-refractivity contribution in [1.82, 2.24) is 9.97 Å². The Morgan fingerprint density at radius 2 is 2.06 bits per heavy atom. The van der Waals surface area contributed by atoms with Gasteiger partial charge < -0.3 is 9.47 Å². The maximum Gasteiger partial charge on any atom is 0.341 e. The van der Waals surface area contributed by atoms with Crippen molar-refractivity contribution >= 4 is 5.97 Å². The SMILES string of the molecule is CCOC(=O)c1cnc(C(C)OC)nc1C(C)C. The van der Waals surface area contributed by atoms with E-state index in [-0.39, 0.29) is 18.0 Å². The highest BCUT2D eigenvalue weighted by Crippen LogP contribution is 2.20. The zero-order valence-electron chi connectivity index (χ0n) is 11.6. The van der Waals surface area contributed by atoms with Crippen LogP contribution in [-0.4, -0.2) is 29.7 Å². The standard InChI is InChI=1S/C13H20N2O3/c1-6-18-13(16)10-7-14-12(9(4)17-5)15-11(10)8(2)3/h7-9H,6H2,1-5H3. The lowest BCUT2D eigenvalue weighted by molar-refractivity contribution is 0.0522. The molecule has 0 radical (unpaired) electrons. The molecule has 1 aromatic heterocycles. The highest BCUT2D eigenvalue weighted by molar-refractivity contribution is 5.90. The van der Waals surface area contributed by atoms with Crippen LogP contribution in [0, 0.1) is 0 Å². The monoisotopic (exact) mass is 252 g/mol. The van der Waals surface area contributed by atoms with E-state index in [1.807, 2.05) is 20.8 Å². The Balaban J connectivity index is 3.16. The molecule has 5 heteroatoms. The molecule has 1 heterocycles. The van der Waals surface area contributed by atoms with Crippen LogP contribution in [0.2, 0.25) is 0 Å². The first-order valence-electron chi connectivity index (χ1n) is 6.08. The smallest absolute Gasteiger partial charge is 0.341 e. The van der Waals surface area contributed by atoms with Crippen molar-refractivity contribution in [2.75, 3.05) is 13.7 Å². The molecule has 0 saturated heterocycles. The summed E-state index contributed by atoms with van der Waals surface area (Å²) in [5, 5.41) is 0. The molecule has 1 unspecified atom stereocenters. The molecule has 0 aliphatic rings. The molecule has 0 spiro atoms. The molecule has 100 valence electrons. The van der Waals surface area contributed by atoms with Crippen LogP contribution in [0.1, 0.15) is 61.6 Å². The Morgan fingerprint density at radius 1 is 1.39 bits per heavy atom. The molecular formula is C13H20N2O3. The van der Waals surface area contributed by atoms with Gasteiger partial charge in [0.25, 0.3) is 0 Å². The van der Waals surface area contributed by atoms with Gasteiger partial charge in [0.1, 0.15) is 6.10 Å². The van der Waals surface area contributed by atoms with E-state index >= 15 is 0 Å². The summed E-state index contributed by atoms with van der Waals surface area (Å²) in [4.78, 5) is 20.4. The van der Waals surface area contributed by atoms with Gasteiger partial charge in [0.15, 0.2) is 5.82 Å². The van der Waals surface area contributed by atoms with Gasteiger partial charge in [-0.15, -0.1) is 0 Å². The Hall–Kier alpha value is -1.49. The van der Waals surface area contributed by atoms with Crippen molar-refractivity contribution < 1.29 is 14.3 Å². The normalized spacial score (nSPS) is 12.6. The van der Waals surface area contributed by atoms with E-state index in [0.717, 1.165) is 0 Å². The summed E-state index contributed by atoms with van der Waals surface area (Å²) >= 11 is 0. The lowest BCUT2D eigenvalue weighted by Crippen LogP contribution is -2.14. The van der Waals surface area contributed by atoms with E-state index in [9.17, 15) is 4.79 Å². The zero-order valence-corrected chi connectivity index (χ0v) is 11.6. The molecule has 0 aliphatic carbocycles. The summed E-state index contributed by atoms with van der Waals surface area (Å²) in [6.07, 6.45) is 1.32. The van der Waals surface area contributed by atoms with Crippen LogP contribution in [0.5, 0.6) is 0 Å². The molecule has 0 N–H and O–H groups in total. The maximum atomic E-state index is 11.8. The lowest BCUT2D eigenvalue weighted by atomic mass is 10.1. The second kappa shape index (κ2) is 6.44. The molecular weight excluding hydrogens is 232 g/mol. The van der Waals surface area contributed by atoms with E-state index in [0.29, 0.717) is 23.7 Å². The summed E-state index contributed by atoms with van der Waals surface area (Å²) in [6, 6.07) is 0. The number of methoxy groups -OCH3 is 1. The highest BCUT2D eigenvalue weighted by atomic mass is 16.5. The van der Waals surface area contributed by atoms with Crippen molar-refractivity contribution in [3.63, 3.8) is 0 Å². The van der Waals surface area contributed by atoms with Crippen molar-refractivity contribution in [1.29, 1.82) is 0 Å². The van der Waals surface area contributed by atoms with Crippen LogP contribution in [-0.2, 0) is 9.47 Å². The number of nitrogens with zero attached hydrogens (tertiary/aromatic N) is 2. The lowest BCUT2D eigenvalue weighted by Gasteiger charge is -2.14. The Labute approximate surface area is 108 Å². The van der Waals surface area contributed by atoms with Crippen LogP contribution in [0.3, 0.4) is 0 Å². The molecule has 1 rings (SSSR count). The van der Waals surface area contributed by atoms with E-state index in [1.165, 1.54) is 6.20 Å². The first-order chi connectivity index (χ1) is 8.51. The van der Waals surface area contributed by atoms with Crippen molar-refractivity contribution in [3.05, 3.63) is 23.3 Å². The quantitative estimate of drug-likeness (QED) is 0.753. The number of hydrogen-bond donors (Lipinski definition) is 0. The summed E-state index contributed by atoms with van der Waals surface area (Å²) in [5.41, 5.74) is 1.13. The predicted molar refractivity (Wildman–Crippen MR) is 67.5 cm³/mol. The molecule has 0 bridgehead atoms. The average Bonchev–Trinajstić information content (AvgIpc) is 2.37. The zero-order chi connectivity index (χ0) is 13.7. The molecule has 1 aromatic rings. The van der Waals surface area contributed by atoms with Crippen molar-refractivity contribution in [3.8, 4) is 0 Å². The summed E-state index contributed by atoms with van der Waals surface area (Å²) in [6.45, 7) is 7.93. The third-order valence-electron chi connectivity index (χ3n) is 2.60. The summed E-state index contributed by atoms with van der Waals surface area (Å²) in [5.74, 6) is 0.322. The molecule has 0 amide bonds. The van der Waals surface area contributed by atoms with Gasteiger partial charge >= 0.3 is 5.97 Å². The van der Waals surface area contributed by atoms with Crippen LogP contribution < -0.4 is 0 Å². The van der Waals surface area contributed by atoms with Gasteiger partial charge in [0.2, 0.25) is 0 Å². The number of hydrogen-bond acceptors (Lipinski definition) is 5. The minimum absolute atomic E-state index is 0.121. The molecule has 0 aromatic carbocycles. The molecule has 0 saturated carbocycles. The predicted octanol–water partition coefficient (Wildman–Crippen LogP) is 2.48. The fourth-order valence-corrected chi connectivity index (χ4v) is 1.52. The Morgan fingerprint density at radius 3 is 2.56 bits per heavy atom. The number of aromatic nitrogens is 2. The molecule has 18 heavy (non-hydrogen) atoms. The minimum atomic E-state index is -0.377. The second-order valence-electron chi connectivity index (χ2n) is 4.28. The third-order valence-corrected chi connectivity index (χ3v) is 2.60. The van der Waals surface area contributed by atoms with Gasteiger partial charge in [-0.2, -0.15) is 0 Å². The highest BCUT2D eigenvalue weighted by Gasteiger charge is 2.19. The van der Waals surface area contributed by atoms with Gasteiger partial charge in [-0.1, -0.05) is 13.8 Å². The number of rotatable bonds is 5. The van der Waals surface area contributed by atoms with Crippen LogP contribution in [0.4, 0.5) is 0 Å². The number of ether oxygens (including phenoxy) is 2. The molecule has 0 aliphatic heterocycles. The number of esters is 1. The Bertz CT molecular complexity index is 419. The van der Waals surface area contributed by atoms with E-state index in [1.54, 1.807) is 14.0 Å². The maximum absolute atomic E-state index is 11.8. The fourth-order valence-electron chi connectivity index (χ4n) is 1.52. The van der Waals surface area contributed by atoms with E-state index in [2.05, 4.69) is 9.97 Å². The van der Waals surface area contributed by atoms with Gasteiger partial charge in [-0.3, -0.25) is 0 Å². The number of carbonyl (C=O) groups is 1. The van der Waals surface area contributed by atoms with Crippen LogP contribution in [0.15, 0.2) is 6.20 Å². The fraction of sp³-hybridized carbons (Fsp3) is 0.615. The summed E-state index contributed by atoms with van der Waals surface area (Å²) in [7, 11) is 1.60.